The molecule has 2 aromatic rings. The topological polar surface area (TPSA) is 89.5 Å². The normalized spacial score (nSPS) is 13.5. The average molecular weight is 508 g/mol. The lowest BCUT2D eigenvalue weighted by molar-refractivity contribution is -0.871. The molecular weight excluding hydrogens is 481 g/mol. The lowest BCUT2D eigenvalue weighted by Crippen LogP contribution is -2.49. The number of likely N-dealkylation sites (N-methyl/N-ethyl adjacent to an activating group) is 1. The molecule has 0 fully saturated rings. The minimum Gasteiger partial charge on any atom is -0.386 e. The van der Waals surface area contributed by atoms with E-state index in [1.54, 1.807) is 27.2 Å². The van der Waals surface area contributed by atoms with Crippen molar-refractivity contribution in [1.29, 1.82) is 0 Å². The van der Waals surface area contributed by atoms with Crippen LogP contribution >= 0.6 is 11.3 Å². The monoisotopic (exact) mass is 507 g/mol. The molecule has 7 nitrogen and oxygen atoms in total. The number of hydrogen-bond acceptors (Lipinski definition) is 6. The number of halogens is 3. The fourth-order valence-electron chi connectivity index (χ4n) is 3.04. The summed E-state index contributed by atoms with van der Waals surface area (Å²) in [4.78, 5) is 23.6. The summed E-state index contributed by atoms with van der Waals surface area (Å²) in [5, 5.41) is 0. The number of aryl methyl sites for hydroxylation is 2. The number of carbonyl (C=O) groups is 2. The Balaban J connectivity index is 2.08. The number of sulfonamides is 1. The van der Waals surface area contributed by atoms with Gasteiger partial charge in [0.05, 0.1) is 40.2 Å². The molecule has 0 amide bonds. The van der Waals surface area contributed by atoms with Gasteiger partial charge in [0, 0.05) is 4.88 Å². The van der Waals surface area contributed by atoms with Crippen LogP contribution in [-0.4, -0.2) is 64.7 Å². The standard InChI is InChI=1S/C21H26F3N2O5S2/c1-26(2,3)14-16(13-18(27)31-20(28)21(22,23)24)25-33(29,30)19-12-11-17(32-19)10-9-15-7-5-4-6-8-15/h4-8,11-12,16,25H,9-10,13-14H2,1-3H3/q+1/t16-/m1/s1. The molecular formula is C21H26F3N2O5S2+. The minimum absolute atomic E-state index is 0.0247. The van der Waals surface area contributed by atoms with Gasteiger partial charge in [0.1, 0.15) is 4.21 Å². The van der Waals surface area contributed by atoms with Crippen molar-refractivity contribution >= 4 is 33.3 Å². The first-order valence-corrected chi connectivity index (χ1v) is 12.2. The fourth-order valence-corrected chi connectivity index (χ4v) is 5.63. The van der Waals surface area contributed by atoms with E-state index in [9.17, 15) is 31.2 Å². The average Bonchev–Trinajstić information content (AvgIpc) is 3.14. The van der Waals surface area contributed by atoms with Gasteiger partial charge in [0.15, 0.2) is 0 Å². The molecule has 1 aromatic heterocycles. The fraction of sp³-hybridized carbons (Fsp3) is 0.429. The molecule has 0 bridgehead atoms. The number of quaternary nitrogens is 1. The Morgan fingerprint density at radius 2 is 1.70 bits per heavy atom. The first kappa shape index (κ1) is 27.0. The van der Waals surface area contributed by atoms with Crippen LogP contribution in [-0.2, 0) is 37.2 Å². The third-order valence-corrected chi connectivity index (χ3v) is 7.50. The second-order valence-electron chi connectivity index (χ2n) is 8.46. The summed E-state index contributed by atoms with van der Waals surface area (Å²) in [7, 11) is 1.11. The highest BCUT2D eigenvalue weighted by Crippen LogP contribution is 2.24. The number of rotatable bonds is 10. The van der Waals surface area contributed by atoms with Gasteiger partial charge in [0.25, 0.3) is 10.0 Å². The van der Waals surface area contributed by atoms with Crippen molar-refractivity contribution < 1.29 is 40.4 Å². The zero-order valence-electron chi connectivity index (χ0n) is 18.4. The number of ether oxygens (including phenoxy) is 1. The van der Waals surface area contributed by atoms with Crippen LogP contribution in [0.3, 0.4) is 0 Å². The van der Waals surface area contributed by atoms with E-state index in [0.29, 0.717) is 6.42 Å². The molecule has 1 N–H and O–H groups in total. The van der Waals surface area contributed by atoms with E-state index in [0.717, 1.165) is 28.2 Å². The van der Waals surface area contributed by atoms with Crippen molar-refractivity contribution in [3.05, 3.63) is 52.9 Å². The maximum Gasteiger partial charge on any atom is 0.491 e. The Morgan fingerprint density at radius 1 is 1.06 bits per heavy atom. The van der Waals surface area contributed by atoms with E-state index >= 15 is 0 Å². The third kappa shape index (κ3) is 9.24. The first-order valence-electron chi connectivity index (χ1n) is 9.93. The van der Waals surface area contributed by atoms with E-state index in [4.69, 9.17) is 0 Å². The zero-order chi connectivity index (χ0) is 24.9. The van der Waals surface area contributed by atoms with Crippen LogP contribution < -0.4 is 4.72 Å². The van der Waals surface area contributed by atoms with Crippen molar-refractivity contribution in [3.8, 4) is 0 Å². The van der Waals surface area contributed by atoms with Gasteiger partial charge in [-0.2, -0.15) is 13.2 Å². The number of carbonyl (C=O) groups excluding carboxylic acids is 2. The Kier molecular flexibility index (Phi) is 8.80. The van der Waals surface area contributed by atoms with Gasteiger partial charge in [-0.25, -0.2) is 17.9 Å². The van der Waals surface area contributed by atoms with Gasteiger partial charge < -0.3 is 9.22 Å². The van der Waals surface area contributed by atoms with Crippen molar-refractivity contribution in [1.82, 2.24) is 4.72 Å². The van der Waals surface area contributed by atoms with Gasteiger partial charge in [0.2, 0.25) is 0 Å². The van der Waals surface area contributed by atoms with Crippen LogP contribution in [0.25, 0.3) is 0 Å². The molecule has 1 heterocycles. The number of nitrogens with one attached hydrogen (secondary N) is 1. The van der Waals surface area contributed by atoms with Crippen LogP contribution in [0.15, 0.2) is 46.7 Å². The number of thiophene rings is 1. The van der Waals surface area contributed by atoms with Gasteiger partial charge in [-0.3, -0.25) is 4.79 Å². The second kappa shape index (κ2) is 10.8. The van der Waals surface area contributed by atoms with E-state index in [-0.39, 0.29) is 15.2 Å². The largest absolute Gasteiger partial charge is 0.491 e. The molecule has 0 aliphatic heterocycles. The Labute approximate surface area is 194 Å². The van der Waals surface area contributed by atoms with E-state index in [1.165, 1.54) is 6.07 Å². The second-order valence-corrected chi connectivity index (χ2v) is 11.6. The predicted molar refractivity (Wildman–Crippen MR) is 117 cm³/mol. The molecule has 0 spiro atoms. The van der Waals surface area contributed by atoms with Gasteiger partial charge >= 0.3 is 18.1 Å². The lowest BCUT2D eigenvalue weighted by atomic mass is 10.1. The Bertz CT molecular complexity index is 1060. The van der Waals surface area contributed by atoms with E-state index in [1.807, 2.05) is 30.3 Å². The maximum absolute atomic E-state index is 12.9. The number of hydrogen-bond donors (Lipinski definition) is 1. The summed E-state index contributed by atoms with van der Waals surface area (Å²) in [6.45, 7) is 0.0702. The molecule has 0 unspecified atom stereocenters. The molecule has 1 aromatic carbocycles. The molecule has 12 heteroatoms. The summed E-state index contributed by atoms with van der Waals surface area (Å²) in [6, 6.07) is 11.8. The molecule has 0 saturated carbocycles. The predicted octanol–water partition coefficient (Wildman–Crippen LogP) is 2.91. The Morgan fingerprint density at radius 3 is 2.27 bits per heavy atom. The molecule has 0 aliphatic carbocycles. The molecule has 0 radical (unpaired) electrons. The van der Waals surface area contributed by atoms with Crippen molar-refractivity contribution in [2.24, 2.45) is 0 Å². The summed E-state index contributed by atoms with van der Waals surface area (Å²) in [5.74, 6) is -4.10. The first-order chi connectivity index (χ1) is 15.2. The number of esters is 2. The van der Waals surface area contributed by atoms with E-state index < -0.39 is 40.6 Å². The molecule has 0 saturated heterocycles. The lowest BCUT2D eigenvalue weighted by Gasteiger charge is -2.29. The van der Waals surface area contributed by atoms with Crippen molar-refractivity contribution in [2.75, 3.05) is 27.7 Å². The van der Waals surface area contributed by atoms with Gasteiger partial charge in [-0.1, -0.05) is 30.3 Å². The highest BCUT2D eigenvalue weighted by Gasteiger charge is 2.43. The highest BCUT2D eigenvalue weighted by molar-refractivity contribution is 7.91. The van der Waals surface area contributed by atoms with Crippen LogP contribution in [0.5, 0.6) is 0 Å². The van der Waals surface area contributed by atoms with Crippen LogP contribution in [0.4, 0.5) is 13.2 Å². The highest BCUT2D eigenvalue weighted by atomic mass is 32.2. The van der Waals surface area contributed by atoms with Crippen LogP contribution in [0, 0.1) is 0 Å². The number of nitrogens with zero attached hydrogens (tertiary/aromatic N) is 1. The number of alkyl halides is 3. The Hall–Kier alpha value is -2.28. The summed E-state index contributed by atoms with van der Waals surface area (Å²) in [5.41, 5.74) is 1.11. The van der Waals surface area contributed by atoms with Gasteiger partial charge in [-0.15, -0.1) is 11.3 Å². The zero-order valence-corrected chi connectivity index (χ0v) is 20.0. The number of benzene rings is 1. The molecule has 182 valence electrons. The molecule has 2 rings (SSSR count). The van der Waals surface area contributed by atoms with E-state index in [2.05, 4.69) is 9.46 Å². The van der Waals surface area contributed by atoms with Crippen LogP contribution in [0.1, 0.15) is 16.9 Å². The quantitative estimate of drug-likeness (QED) is 0.304. The minimum atomic E-state index is -5.32. The maximum atomic E-state index is 12.9. The smallest absolute Gasteiger partial charge is 0.386 e. The molecule has 33 heavy (non-hydrogen) atoms. The SMILES string of the molecule is C[N+](C)(C)C[C@@H](CC(=O)OC(=O)C(F)(F)F)NS(=O)(=O)c1ccc(CCc2ccccc2)s1. The summed E-state index contributed by atoms with van der Waals surface area (Å²) >= 11 is 1.08. The van der Waals surface area contributed by atoms with Crippen molar-refractivity contribution in [2.45, 2.75) is 35.7 Å². The van der Waals surface area contributed by atoms with Crippen LogP contribution in [0.2, 0.25) is 0 Å². The van der Waals surface area contributed by atoms with Crippen molar-refractivity contribution in [3.63, 3.8) is 0 Å². The van der Waals surface area contributed by atoms with Gasteiger partial charge in [-0.05, 0) is 30.5 Å². The molecule has 0 aliphatic rings. The summed E-state index contributed by atoms with van der Waals surface area (Å²) in [6.07, 6.45) is -4.68. The summed E-state index contributed by atoms with van der Waals surface area (Å²) < 4.78 is 69.2. The third-order valence-electron chi connectivity index (χ3n) is 4.35. The molecule has 1 atom stereocenters.